The average molecular weight is 492 g/mol. The van der Waals surface area contributed by atoms with Gasteiger partial charge in [0, 0.05) is 62.8 Å². The van der Waals surface area contributed by atoms with Gasteiger partial charge in [0.25, 0.3) is 5.91 Å². The van der Waals surface area contributed by atoms with Crippen molar-refractivity contribution < 1.29 is 19.1 Å². The number of hydrogen-bond donors (Lipinski definition) is 0. The first kappa shape index (κ1) is 24.2. The molecule has 2 aromatic rings. The molecule has 1 aliphatic carbocycles. The molecule has 3 fully saturated rings. The lowest BCUT2D eigenvalue weighted by Gasteiger charge is -2.39. The lowest BCUT2D eigenvalue weighted by molar-refractivity contribution is -0.134. The molecule has 9 nitrogen and oxygen atoms in total. The van der Waals surface area contributed by atoms with E-state index in [1.54, 1.807) is 20.4 Å². The summed E-state index contributed by atoms with van der Waals surface area (Å²) < 4.78 is 11.0. The molecule has 0 N–H and O–H groups in total. The van der Waals surface area contributed by atoms with E-state index in [1.807, 2.05) is 28.9 Å². The molecule has 1 aromatic carbocycles. The number of methoxy groups -OCH3 is 2. The molecule has 9 heteroatoms. The van der Waals surface area contributed by atoms with Crippen LogP contribution in [0.1, 0.15) is 43.0 Å². The number of piperidine rings is 1. The minimum atomic E-state index is -0.366. The van der Waals surface area contributed by atoms with E-state index in [4.69, 9.17) is 9.47 Å². The number of benzene rings is 1. The molecule has 3 heterocycles. The van der Waals surface area contributed by atoms with E-state index in [2.05, 4.69) is 16.0 Å². The number of pyridine rings is 1. The molecular weight excluding hydrogens is 458 g/mol. The summed E-state index contributed by atoms with van der Waals surface area (Å²) in [5.41, 5.74) is 1.71. The number of anilines is 1. The van der Waals surface area contributed by atoms with Gasteiger partial charge in [-0.25, -0.2) is 0 Å². The molecule has 0 bridgehead atoms. The lowest BCUT2D eigenvalue weighted by Crippen LogP contribution is -2.51. The third-order valence-electron chi connectivity index (χ3n) is 7.83. The van der Waals surface area contributed by atoms with Crippen molar-refractivity contribution in [3.63, 3.8) is 0 Å². The predicted octanol–water partition coefficient (Wildman–Crippen LogP) is 3.08. The Hall–Kier alpha value is -3.54. The van der Waals surface area contributed by atoms with Crippen molar-refractivity contribution in [2.24, 2.45) is 11.3 Å². The van der Waals surface area contributed by atoms with Crippen molar-refractivity contribution in [3.05, 3.63) is 23.9 Å². The highest BCUT2D eigenvalue weighted by Crippen LogP contribution is 2.41. The number of piperazine rings is 1. The van der Waals surface area contributed by atoms with Crippen molar-refractivity contribution in [2.45, 2.75) is 32.6 Å². The molecule has 0 unspecified atom stereocenters. The summed E-state index contributed by atoms with van der Waals surface area (Å²) in [6.07, 6.45) is 5.07. The SMILES string of the molecule is COc1cc2ncc(C(=O)N3CCN(C(=O)C4CC4)CC3)c(N3CCC(C)(C#N)CC3)c2cc1OC. The fourth-order valence-electron chi connectivity index (χ4n) is 5.23. The highest BCUT2D eigenvalue weighted by atomic mass is 16.5. The first-order chi connectivity index (χ1) is 17.4. The number of nitriles is 1. The molecule has 0 spiro atoms. The fraction of sp³-hybridized carbons (Fsp3) is 0.556. The number of carbonyl (C=O) groups excluding carboxylic acids is 2. The van der Waals surface area contributed by atoms with E-state index in [9.17, 15) is 14.9 Å². The summed E-state index contributed by atoms with van der Waals surface area (Å²) in [5.74, 6) is 1.48. The Morgan fingerprint density at radius 1 is 1.00 bits per heavy atom. The minimum absolute atomic E-state index is 0.0821. The van der Waals surface area contributed by atoms with Gasteiger partial charge in [-0.2, -0.15) is 5.26 Å². The first-order valence-corrected chi connectivity index (χ1v) is 12.7. The van der Waals surface area contributed by atoms with Crippen LogP contribution in [0.4, 0.5) is 5.69 Å². The van der Waals surface area contributed by atoms with Gasteiger partial charge in [0.15, 0.2) is 11.5 Å². The summed E-state index contributed by atoms with van der Waals surface area (Å²) in [5, 5.41) is 10.4. The van der Waals surface area contributed by atoms with Crippen LogP contribution in [0, 0.1) is 22.7 Å². The van der Waals surface area contributed by atoms with Crippen LogP contribution in [0.5, 0.6) is 11.5 Å². The zero-order valence-electron chi connectivity index (χ0n) is 21.2. The van der Waals surface area contributed by atoms with Crippen LogP contribution in [0.2, 0.25) is 0 Å². The quantitative estimate of drug-likeness (QED) is 0.634. The van der Waals surface area contributed by atoms with Crippen LogP contribution in [0.25, 0.3) is 10.9 Å². The number of fused-ring (bicyclic) bond motifs is 1. The Morgan fingerprint density at radius 3 is 2.19 bits per heavy atom. The Labute approximate surface area is 211 Å². The third kappa shape index (κ3) is 4.41. The minimum Gasteiger partial charge on any atom is -0.493 e. The standard InChI is InChI=1S/C27H33N5O4/c1-27(17-28)6-8-30(9-7-27)24-19-14-22(35-2)23(36-3)15-21(19)29-16-20(24)26(34)32-12-10-31(11-13-32)25(33)18-4-5-18/h14-16,18H,4-13H2,1-3H3. The molecule has 0 atom stereocenters. The molecule has 2 saturated heterocycles. The second kappa shape index (κ2) is 9.49. The van der Waals surface area contributed by atoms with Crippen LogP contribution >= 0.6 is 0 Å². The number of hydrogen-bond acceptors (Lipinski definition) is 7. The normalized spacial score (nSPS) is 19.7. The summed E-state index contributed by atoms with van der Waals surface area (Å²) in [7, 11) is 3.18. The van der Waals surface area contributed by atoms with Crippen LogP contribution < -0.4 is 14.4 Å². The Bertz CT molecular complexity index is 1220. The van der Waals surface area contributed by atoms with Gasteiger partial charge in [0.05, 0.1) is 42.5 Å². The summed E-state index contributed by atoms with van der Waals surface area (Å²) in [6, 6.07) is 6.17. The molecule has 2 aliphatic heterocycles. The molecule has 5 rings (SSSR count). The number of nitrogens with zero attached hydrogens (tertiary/aromatic N) is 5. The number of rotatable bonds is 5. The van der Waals surface area contributed by atoms with E-state index >= 15 is 0 Å². The van der Waals surface area contributed by atoms with Gasteiger partial charge in [-0.05, 0) is 38.7 Å². The maximum absolute atomic E-state index is 13.8. The van der Waals surface area contributed by atoms with E-state index in [1.165, 1.54) is 0 Å². The van der Waals surface area contributed by atoms with Crippen LogP contribution in [-0.4, -0.2) is 80.1 Å². The highest BCUT2D eigenvalue weighted by Gasteiger charge is 2.37. The second-order valence-electron chi connectivity index (χ2n) is 10.3. The van der Waals surface area contributed by atoms with E-state index in [-0.39, 0.29) is 23.1 Å². The van der Waals surface area contributed by atoms with E-state index < -0.39 is 0 Å². The Morgan fingerprint density at radius 2 is 1.61 bits per heavy atom. The van der Waals surface area contributed by atoms with Crippen LogP contribution in [-0.2, 0) is 4.79 Å². The molecule has 190 valence electrons. The number of ether oxygens (including phenoxy) is 2. The van der Waals surface area contributed by atoms with Crippen molar-refractivity contribution in [2.75, 3.05) is 58.4 Å². The zero-order valence-corrected chi connectivity index (χ0v) is 21.2. The topological polar surface area (TPSA) is 99.0 Å². The van der Waals surface area contributed by atoms with Crippen molar-refractivity contribution in [3.8, 4) is 17.6 Å². The maximum atomic E-state index is 13.8. The molecule has 3 aliphatic rings. The molecule has 1 aromatic heterocycles. The smallest absolute Gasteiger partial charge is 0.257 e. The number of carbonyl (C=O) groups is 2. The van der Waals surface area contributed by atoms with E-state index in [0.29, 0.717) is 61.8 Å². The van der Waals surface area contributed by atoms with Gasteiger partial charge in [-0.15, -0.1) is 0 Å². The third-order valence-corrected chi connectivity index (χ3v) is 7.83. The zero-order chi connectivity index (χ0) is 25.4. The highest BCUT2D eigenvalue weighted by molar-refractivity contribution is 6.08. The number of amides is 2. The van der Waals surface area contributed by atoms with Gasteiger partial charge >= 0.3 is 0 Å². The monoisotopic (exact) mass is 491 g/mol. The average Bonchev–Trinajstić information content (AvgIpc) is 3.77. The molecule has 1 saturated carbocycles. The van der Waals surface area contributed by atoms with Gasteiger partial charge in [0.2, 0.25) is 5.91 Å². The Balaban J connectivity index is 1.49. The van der Waals surface area contributed by atoms with Crippen molar-refractivity contribution in [1.82, 2.24) is 14.8 Å². The van der Waals surface area contributed by atoms with Gasteiger partial charge in [-0.1, -0.05) is 0 Å². The summed E-state index contributed by atoms with van der Waals surface area (Å²) in [4.78, 5) is 36.9. The van der Waals surface area contributed by atoms with Gasteiger partial charge < -0.3 is 24.2 Å². The van der Waals surface area contributed by atoms with E-state index in [0.717, 1.165) is 36.8 Å². The summed E-state index contributed by atoms with van der Waals surface area (Å²) >= 11 is 0. The lowest BCUT2D eigenvalue weighted by atomic mass is 9.81. The molecule has 0 radical (unpaired) electrons. The second-order valence-corrected chi connectivity index (χ2v) is 10.3. The van der Waals surface area contributed by atoms with Crippen molar-refractivity contribution in [1.29, 1.82) is 5.26 Å². The molecule has 36 heavy (non-hydrogen) atoms. The van der Waals surface area contributed by atoms with Crippen LogP contribution in [0.3, 0.4) is 0 Å². The first-order valence-electron chi connectivity index (χ1n) is 12.7. The van der Waals surface area contributed by atoms with Crippen molar-refractivity contribution >= 4 is 28.4 Å². The Kier molecular flexibility index (Phi) is 6.37. The van der Waals surface area contributed by atoms with Crippen LogP contribution in [0.15, 0.2) is 18.3 Å². The summed E-state index contributed by atoms with van der Waals surface area (Å²) in [6.45, 7) is 5.47. The van der Waals surface area contributed by atoms with Gasteiger partial charge in [-0.3, -0.25) is 14.6 Å². The maximum Gasteiger partial charge on any atom is 0.257 e. The number of aromatic nitrogens is 1. The van der Waals surface area contributed by atoms with Gasteiger partial charge in [0.1, 0.15) is 0 Å². The molecular formula is C27H33N5O4. The fourth-order valence-corrected chi connectivity index (χ4v) is 5.23. The predicted molar refractivity (Wildman–Crippen MR) is 135 cm³/mol. The molecule has 2 amide bonds. The largest absolute Gasteiger partial charge is 0.493 e.